The Kier molecular flexibility index (Phi) is 4.37. The van der Waals surface area contributed by atoms with E-state index in [4.69, 9.17) is 0 Å². The number of hydrogen-bond acceptors (Lipinski definition) is 2. The van der Waals surface area contributed by atoms with Crippen LogP contribution in [0.2, 0.25) is 0 Å². The first kappa shape index (κ1) is 13.8. The molecule has 0 saturated heterocycles. The second-order valence-electron chi connectivity index (χ2n) is 5.02. The van der Waals surface area contributed by atoms with Gasteiger partial charge < -0.3 is 15.7 Å². The molecule has 2 rings (SSSR count). The molecule has 2 unspecified atom stereocenters. The molecule has 1 aromatic rings. The molecule has 3 N–H and O–H groups in total. The summed E-state index contributed by atoms with van der Waals surface area (Å²) in [7, 11) is 0. The molecule has 0 aromatic heterocycles. The highest BCUT2D eigenvalue weighted by atomic mass is 19.1. The van der Waals surface area contributed by atoms with Crippen LogP contribution in [0, 0.1) is 12.7 Å². The third-order valence-corrected chi connectivity index (χ3v) is 3.48. The van der Waals surface area contributed by atoms with Gasteiger partial charge in [0.2, 0.25) is 0 Å². The lowest BCUT2D eigenvalue weighted by Crippen LogP contribution is -2.46. The summed E-state index contributed by atoms with van der Waals surface area (Å²) in [6.45, 7) is 1.66. The molecule has 1 aliphatic rings. The molecule has 2 amide bonds. The molecular weight excluding hydrogens is 247 g/mol. The van der Waals surface area contributed by atoms with Crippen LogP contribution in [0.1, 0.15) is 31.2 Å². The zero-order chi connectivity index (χ0) is 13.8. The van der Waals surface area contributed by atoms with Gasteiger partial charge in [-0.05, 0) is 37.5 Å². The van der Waals surface area contributed by atoms with Crippen LogP contribution in [0.3, 0.4) is 0 Å². The fourth-order valence-electron chi connectivity index (χ4n) is 2.29. The summed E-state index contributed by atoms with van der Waals surface area (Å²) in [5.41, 5.74) is 0.944. The summed E-state index contributed by atoms with van der Waals surface area (Å²) in [5.74, 6) is -0.351. The lowest BCUT2D eigenvalue weighted by molar-refractivity contribution is 0.0955. The number of rotatable bonds is 2. The Morgan fingerprint density at radius 3 is 2.79 bits per heavy atom. The fourth-order valence-corrected chi connectivity index (χ4v) is 2.29. The lowest BCUT2D eigenvalue weighted by Gasteiger charge is -2.28. The molecule has 1 saturated carbocycles. The highest BCUT2D eigenvalue weighted by molar-refractivity contribution is 5.89. The minimum absolute atomic E-state index is 0.218. The van der Waals surface area contributed by atoms with Crippen molar-refractivity contribution in [3.8, 4) is 0 Å². The number of aliphatic hydroxyl groups excluding tert-OH is 1. The van der Waals surface area contributed by atoms with Crippen LogP contribution >= 0.6 is 0 Å². The third-order valence-electron chi connectivity index (χ3n) is 3.48. The molecule has 4 nitrogen and oxygen atoms in total. The number of amides is 2. The topological polar surface area (TPSA) is 61.4 Å². The maximum Gasteiger partial charge on any atom is 0.319 e. The van der Waals surface area contributed by atoms with Crippen molar-refractivity contribution >= 4 is 11.7 Å². The molecule has 0 heterocycles. The van der Waals surface area contributed by atoms with Crippen LogP contribution in [-0.4, -0.2) is 23.3 Å². The highest BCUT2D eigenvalue weighted by Crippen LogP contribution is 2.19. The van der Waals surface area contributed by atoms with Crippen molar-refractivity contribution in [1.29, 1.82) is 0 Å². The Morgan fingerprint density at radius 2 is 2.11 bits per heavy atom. The van der Waals surface area contributed by atoms with E-state index in [2.05, 4.69) is 10.6 Å². The smallest absolute Gasteiger partial charge is 0.319 e. The monoisotopic (exact) mass is 266 g/mol. The number of halogens is 1. The quantitative estimate of drug-likeness (QED) is 0.770. The number of anilines is 1. The average molecular weight is 266 g/mol. The Labute approximate surface area is 112 Å². The minimum Gasteiger partial charge on any atom is -0.391 e. The maximum atomic E-state index is 13.3. The number of carbonyl (C=O) groups is 1. The Morgan fingerprint density at radius 1 is 1.37 bits per heavy atom. The van der Waals surface area contributed by atoms with Gasteiger partial charge >= 0.3 is 6.03 Å². The predicted molar refractivity (Wildman–Crippen MR) is 71.6 cm³/mol. The fraction of sp³-hybridized carbons (Fsp3) is 0.500. The Hall–Kier alpha value is -1.62. The van der Waals surface area contributed by atoms with Crippen molar-refractivity contribution in [1.82, 2.24) is 5.32 Å². The van der Waals surface area contributed by atoms with Crippen molar-refractivity contribution < 1.29 is 14.3 Å². The summed E-state index contributed by atoms with van der Waals surface area (Å²) in [5, 5.41) is 15.1. The number of aliphatic hydroxyl groups is 1. The van der Waals surface area contributed by atoms with Gasteiger partial charge in [-0.2, -0.15) is 0 Å². The molecule has 19 heavy (non-hydrogen) atoms. The van der Waals surface area contributed by atoms with Crippen molar-refractivity contribution in [2.45, 2.75) is 44.8 Å². The van der Waals surface area contributed by atoms with Gasteiger partial charge in [0.1, 0.15) is 5.82 Å². The molecule has 2 atom stereocenters. The minimum atomic E-state index is -0.491. The molecule has 5 heteroatoms. The molecule has 0 radical (unpaired) electrons. The Bertz CT molecular complexity index is 465. The van der Waals surface area contributed by atoms with Crippen LogP contribution in [0.25, 0.3) is 0 Å². The van der Waals surface area contributed by atoms with E-state index in [0.717, 1.165) is 19.3 Å². The van der Waals surface area contributed by atoms with Gasteiger partial charge in [-0.15, -0.1) is 0 Å². The Balaban J connectivity index is 1.91. The van der Waals surface area contributed by atoms with Crippen molar-refractivity contribution in [2.24, 2.45) is 0 Å². The maximum absolute atomic E-state index is 13.3. The van der Waals surface area contributed by atoms with E-state index in [9.17, 15) is 14.3 Å². The molecule has 0 spiro atoms. The summed E-state index contributed by atoms with van der Waals surface area (Å²) >= 11 is 0. The van der Waals surface area contributed by atoms with Crippen LogP contribution in [0.4, 0.5) is 14.9 Å². The zero-order valence-corrected chi connectivity index (χ0v) is 10.9. The van der Waals surface area contributed by atoms with Gasteiger partial charge in [-0.25, -0.2) is 9.18 Å². The SMILES string of the molecule is Cc1ccc(NC(=O)NC2CCCCC2O)cc1F. The molecule has 104 valence electrons. The molecule has 1 aromatic carbocycles. The van der Waals surface area contributed by atoms with E-state index in [1.54, 1.807) is 19.1 Å². The number of urea groups is 1. The molecule has 1 aliphatic carbocycles. The molecular formula is C14H19FN2O2. The number of aryl methyl sites for hydroxylation is 1. The number of benzene rings is 1. The average Bonchev–Trinajstić information content (AvgIpc) is 2.37. The van der Waals surface area contributed by atoms with Crippen LogP contribution < -0.4 is 10.6 Å². The van der Waals surface area contributed by atoms with E-state index in [-0.39, 0.29) is 11.9 Å². The largest absolute Gasteiger partial charge is 0.391 e. The van der Waals surface area contributed by atoms with Crippen molar-refractivity contribution in [2.75, 3.05) is 5.32 Å². The number of hydrogen-bond donors (Lipinski definition) is 3. The second kappa shape index (κ2) is 6.02. The van der Waals surface area contributed by atoms with E-state index in [1.165, 1.54) is 6.07 Å². The van der Waals surface area contributed by atoms with Crippen LogP contribution in [-0.2, 0) is 0 Å². The van der Waals surface area contributed by atoms with Crippen molar-refractivity contribution in [3.05, 3.63) is 29.6 Å². The highest BCUT2D eigenvalue weighted by Gasteiger charge is 2.24. The van der Waals surface area contributed by atoms with Crippen LogP contribution in [0.5, 0.6) is 0 Å². The second-order valence-corrected chi connectivity index (χ2v) is 5.02. The van der Waals surface area contributed by atoms with Gasteiger partial charge in [0, 0.05) is 5.69 Å². The summed E-state index contributed by atoms with van der Waals surface area (Å²) in [6, 6.07) is 3.92. The number of nitrogens with one attached hydrogen (secondary N) is 2. The molecule has 1 fully saturated rings. The van der Waals surface area contributed by atoms with E-state index < -0.39 is 12.1 Å². The summed E-state index contributed by atoms with van der Waals surface area (Å²) in [4.78, 5) is 11.8. The first-order valence-electron chi connectivity index (χ1n) is 6.58. The van der Waals surface area contributed by atoms with Crippen LogP contribution in [0.15, 0.2) is 18.2 Å². The van der Waals surface area contributed by atoms with Gasteiger partial charge in [-0.1, -0.05) is 18.9 Å². The standard InChI is InChI=1S/C14H19FN2O2/c1-9-6-7-10(8-11(9)15)16-14(19)17-12-4-2-3-5-13(12)18/h6-8,12-13,18H,2-5H2,1H3,(H2,16,17,19). The van der Waals surface area contributed by atoms with Gasteiger partial charge in [-0.3, -0.25) is 0 Å². The normalized spacial score (nSPS) is 22.9. The molecule has 0 aliphatic heterocycles. The predicted octanol–water partition coefficient (Wildman–Crippen LogP) is 2.56. The first-order valence-corrected chi connectivity index (χ1v) is 6.58. The molecule has 0 bridgehead atoms. The van der Waals surface area contributed by atoms with E-state index >= 15 is 0 Å². The first-order chi connectivity index (χ1) is 9.06. The van der Waals surface area contributed by atoms with Gasteiger partial charge in [0.25, 0.3) is 0 Å². The summed E-state index contributed by atoms with van der Waals surface area (Å²) in [6.07, 6.45) is 2.99. The van der Waals surface area contributed by atoms with E-state index in [1.807, 2.05) is 0 Å². The van der Waals surface area contributed by atoms with Gasteiger partial charge in [0.05, 0.1) is 12.1 Å². The van der Waals surface area contributed by atoms with Crippen molar-refractivity contribution in [3.63, 3.8) is 0 Å². The lowest BCUT2D eigenvalue weighted by atomic mass is 9.93. The zero-order valence-electron chi connectivity index (χ0n) is 10.9. The summed E-state index contributed by atoms with van der Waals surface area (Å²) < 4.78 is 13.3. The number of carbonyl (C=O) groups excluding carboxylic acids is 1. The van der Waals surface area contributed by atoms with Gasteiger partial charge in [0.15, 0.2) is 0 Å². The van der Waals surface area contributed by atoms with E-state index in [0.29, 0.717) is 17.7 Å². The third kappa shape index (κ3) is 3.67.